The van der Waals surface area contributed by atoms with Gasteiger partial charge in [-0.2, -0.15) is 0 Å². The second kappa shape index (κ2) is 5.66. The summed E-state index contributed by atoms with van der Waals surface area (Å²) in [6, 6.07) is 3.74. The van der Waals surface area contributed by atoms with E-state index >= 15 is 0 Å². The smallest absolute Gasteiger partial charge is 0.251 e. The second-order valence-corrected chi connectivity index (χ2v) is 7.07. The molecular formula is C17H27N3O. The van der Waals surface area contributed by atoms with E-state index in [1.807, 2.05) is 19.2 Å². The van der Waals surface area contributed by atoms with Crippen LogP contribution in [0, 0.1) is 0 Å². The fraction of sp³-hybridized carbons (Fsp3) is 0.647. The molecule has 0 spiro atoms. The van der Waals surface area contributed by atoms with E-state index in [0.29, 0.717) is 5.56 Å². The minimum atomic E-state index is -0.0825. The van der Waals surface area contributed by atoms with Crippen molar-refractivity contribution in [2.75, 3.05) is 12.4 Å². The Morgan fingerprint density at radius 2 is 2.00 bits per heavy atom. The summed E-state index contributed by atoms with van der Waals surface area (Å²) >= 11 is 0. The molecule has 0 radical (unpaired) electrons. The van der Waals surface area contributed by atoms with Crippen LogP contribution in [0.5, 0.6) is 0 Å². The highest BCUT2D eigenvalue weighted by atomic mass is 16.1. The van der Waals surface area contributed by atoms with E-state index in [9.17, 15) is 4.79 Å². The molecule has 2 N–H and O–H groups in total. The second-order valence-electron chi connectivity index (χ2n) is 7.07. The summed E-state index contributed by atoms with van der Waals surface area (Å²) in [4.78, 5) is 17.2. The molecule has 0 aromatic carbocycles. The maximum Gasteiger partial charge on any atom is 0.251 e. The third-order valence-electron chi connectivity index (χ3n) is 4.48. The van der Waals surface area contributed by atoms with Crippen molar-refractivity contribution in [1.82, 2.24) is 10.3 Å². The molecule has 4 nitrogen and oxygen atoms in total. The number of carbonyl (C=O) groups excluding carboxylic acids is 1. The maximum absolute atomic E-state index is 12.6. The Balaban J connectivity index is 2.28. The van der Waals surface area contributed by atoms with Crippen molar-refractivity contribution >= 4 is 11.7 Å². The molecule has 1 aliphatic rings. The van der Waals surface area contributed by atoms with E-state index < -0.39 is 0 Å². The lowest BCUT2D eigenvalue weighted by atomic mass is 9.74. The Morgan fingerprint density at radius 3 is 2.43 bits per heavy atom. The lowest BCUT2D eigenvalue weighted by Crippen LogP contribution is -2.53. The van der Waals surface area contributed by atoms with Crippen LogP contribution in [0.2, 0.25) is 0 Å². The van der Waals surface area contributed by atoms with Crippen molar-refractivity contribution in [2.45, 2.75) is 64.3 Å². The van der Waals surface area contributed by atoms with Crippen molar-refractivity contribution in [3.63, 3.8) is 0 Å². The Labute approximate surface area is 127 Å². The Bertz CT molecular complexity index is 522. The van der Waals surface area contributed by atoms with Gasteiger partial charge in [-0.3, -0.25) is 4.79 Å². The number of pyridine rings is 1. The summed E-state index contributed by atoms with van der Waals surface area (Å²) in [5.74, 6) is 0.757. The predicted molar refractivity (Wildman–Crippen MR) is 86.8 cm³/mol. The van der Waals surface area contributed by atoms with Crippen LogP contribution in [0.1, 0.15) is 69.4 Å². The molecule has 1 fully saturated rings. The van der Waals surface area contributed by atoms with Crippen molar-refractivity contribution in [2.24, 2.45) is 0 Å². The number of anilines is 1. The summed E-state index contributed by atoms with van der Waals surface area (Å²) in [5.41, 5.74) is 1.56. The summed E-state index contributed by atoms with van der Waals surface area (Å²) in [7, 11) is 1.83. The van der Waals surface area contributed by atoms with Gasteiger partial charge < -0.3 is 10.6 Å². The first kappa shape index (κ1) is 15.8. The fourth-order valence-electron chi connectivity index (χ4n) is 2.66. The van der Waals surface area contributed by atoms with Crippen LogP contribution in [0.25, 0.3) is 0 Å². The van der Waals surface area contributed by atoms with Gasteiger partial charge in [-0.1, -0.05) is 27.7 Å². The van der Waals surface area contributed by atoms with Gasteiger partial charge in [0, 0.05) is 29.3 Å². The standard InChI is InChI=1S/C17H27N3O/c1-6-17(8-7-9-17)20-15(21)12-10-13(16(2,3)4)19-14(11-12)18-5/h10-11H,6-9H2,1-5H3,(H,18,19)(H,20,21). The van der Waals surface area contributed by atoms with Gasteiger partial charge in [-0.15, -0.1) is 0 Å². The summed E-state index contributed by atoms with van der Waals surface area (Å²) in [6.45, 7) is 8.47. The van der Waals surface area contributed by atoms with E-state index in [1.54, 1.807) is 0 Å². The van der Waals surface area contributed by atoms with Crippen molar-refractivity contribution in [3.8, 4) is 0 Å². The Kier molecular flexibility index (Phi) is 4.26. The number of amides is 1. The number of rotatable bonds is 4. The van der Waals surface area contributed by atoms with E-state index in [1.165, 1.54) is 6.42 Å². The van der Waals surface area contributed by atoms with Crippen molar-refractivity contribution < 1.29 is 4.79 Å². The molecule has 116 valence electrons. The van der Waals surface area contributed by atoms with Gasteiger partial charge in [-0.25, -0.2) is 4.98 Å². The molecule has 0 unspecified atom stereocenters. The quantitative estimate of drug-likeness (QED) is 0.892. The molecule has 1 heterocycles. The molecule has 0 saturated heterocycles. The normalized spacial score (nSPS) is 17.0. The number of nitrogens with one attached hydrogen (secondary N) is 2. The van der Waals surface area contributed by atoms with Gasteiger partial charge in [0.05, 0.1) is 0 Å². The molecule has 21 heavy (non-hydrogen) atoms. The highest BCUT2D eigenvalue weighted by Gasteiger charge is 2.36. The van der Waals surface area contributed by atoms with Gasteiger partial charge in [-0.05, 0) is 37.8 Å². The van der Waals surface area contributed by atoms with Crippen molar-refractivity contribution in [1.29, 1.82) is 0 Å². The largest absolute Gasteiger partial charge is 0.373 e. The van der Waals surface area contributed by atoms with Crippen LogP contribution >= 0.6 is 0 Å². The topological polar surface area (TPSA) is 54.0 Å². The fourth-order valence-corrected chi connectivity index (χ4v) is 2.66. The zero-order chi connectivity index (χ0) is 15.7. The van der Waals surface area contributed by atoms with Gasteiger partial charge >= 0.3 is 0 Å². The molecule has 1 aliphatic carbocycles. The van der Waals surface area contributed by atoms with Crippen LogP contribution in [0.3, 0.4) is 0 Å². The first-order chi connectivity index (χ1) is 9.79. The monoisotopic (exact) mass is 289 g/mol. The number of aromatic nitrogens is 1. The third-order valence-corrected chi connectivity index (χ3v) is 4.48. The number of hydrogen-bond donors (Lipinski definition) is 2. The predicted octanol–water partition coefficient (Wildman–Crippen LogP) is 3.48. The number of hydrogen-bond acceptors (Lipinski definition) is 3. The van der Waals surface area contributed by atoms with Gasteiger partial charge in [0.15, 0.2) is 0 Å². The summed E-state index contributed by atoms with van der Waals surface area (Å²) in [6.07, 6.45) is 4.38. The average Bonchev–Trinajstić information content (AvgIpc) is 2.41. The van der Waals surface area contributed by atoms with Crippen LogP contribution in [-0.2, 0) is 5.41 Å². The zero-order valence-corrected chi connectivity index (χ0v) is 13.8. The summed E-state index contributed by atoms with van der Waals surface area (Å²) in [5, 5.41) is 6.28. The molecule has 0 aliphatic heterocycles. The molecule has 1 aromatic heterocycles. The first-order valence-corrected chi connectivity index (χ1v) is 7.82. The molecule has 2 rings (SSSR count). The minimum Gasteiger partial charge on any atom is -0.373 e. The Morgan fingerprint density at radius 1 is 1.33 bits per heavy atom. The highest BCUT2D eigenvalue weighted by Crippen LogP contribution is 2.35. The number of nitrogens with zero attached hydrogens (tertiary/aromatic N) is 1. The molecule has 0 bridgehead atoms. The molecule has 0 atom stereocenters. The lowest BCUT2D eigenvalue weighted by molar-refractivity contribution is 0.0820. The van der Waals surface area contributed by atoms with Gasteiger partial charge in [0.2, 0.25) is 0 Å². The molecule has 1 saturated carbocycles. The zero-order valence-electron chi connectivity index (χ0n) is 13.8. The molecule has 1 amide bonds. The lowest BCUT2D eigenvalue weighted by Gasteiger charge is -2.42. The number of carbonyl (C=O) groups is 1. The van der Waals surface area contributed by atoms with E-state index in [2.05, 4.69) is 43.3 Å². The van der Waals surface area contributed by atoms with Gasteiger partial charge in [0.1, 0.15) is 5.82 Å². The molecular weight excluding hydrogens is 262 g/mol. The molecule has 1 aromatic rings. The van der Waals surface area contributed by atoms with E-state index in [-0.39, 0.29) is 16.9 Å². The van der Waals surface area contributed by atoms with Crippen molar-refractivity contribution in [3.05, 3.63) is 23.4 Å². The first-order valence-electron chi connectivity index (χ1n) is 7.82. The van der Waals surface area contributed by atoms with Crippen LogP contribution in [0.15, 0.2) is 12.1 Å². The van der Waals surface area contributed by atoms with E-state index in [4.69, 9.17) is 0 Å². The third kappa shape index (κ3) is 3.36. The Hall–Kier alpha value is -1.58. The van der Waals surface area contributed by atoms with E-state index in [0.717, 1.165) is 30.8 Å². The highest BCUT2D eigenvalue weighted by molar-refractivity contribution is 5.95. The van der Waals surface area contributed by atoms with Crippen LogP contribution in [0.4, 0.5) is 5.82 Å². The summed E-state index contributed by atoms with van der Waals surface area (Å²) < 4.78 is 0. The minimum absolute atomic E-state index is 0.0148. The average molecular weight is 289 g/mol. The van der Waals surface area contributed by atoms with Gasteiger partial charge in [0.25, 0.3) is 5.91 Å². The van der Waals surface area contributed by atoms with Crippen LogP contribution < -0.4 is 10.6 Å². The van der Waals surface area contributed by atoms with Crippen LogP contribution in [-0.4, -0.2) is 23.5 Å². The molecule has 4 heteroatoms. The SMILES string of the molecule is CCC1(NC(=O)c2cc(NC)nc(C(C)(C)C)c2)CCC1. The maximum atomic E-state index is 12.6.